The Morgan fingerprint density at radius 2 is 1.67 bits per heavy atom. The van der Waals surface area contributed by atoms with Crippen LogP contribution in [-0.2, 0) is 11.3 Å². The summed E-state index contributed by atoms with van der Waals surface area (Å²) in [6.45, 7) is 4.23. The largest absolute Gasteiger partial charge is 0.356 e. The van der Waals surface area contributed by atoms with Crippen molar-refractivity contribution in [2.75, 3.05) is 13.1 Å². The van der Waals surface area contributed by atoms with Crippen molar-refractivity contribution in [2.45, 2.75) is 32.4 Å². The highest BCUT2D eigenvalue weighted by Gasteiger charge is 2.03. The van der Waals surface area contributed by atoms with Gasteiger partial charge in [0.25, 0.3) is 0 Å². The molecule has 128 valence electrons. The number of nitrogens with one attached hydrogen (secondary N) is 2. The third kappa shape index (κ3) is 6.52. The molecule has 0 heterocycles. The number of hydrogen-bond donors (Lipinski definition) is 3. The van der Waals surface area contributed by atoms with E-state index in [-0.39, 0.29) is 11.9 Å². The van der Waals surface area contributed by atoms with Crippen molar-refractivity contribution in [1.82, 2.24) is 10.6 Å². The van der Waals surface area contributed by atoms with Gasteiger partial charge in [-0.1, -0.05) is 54.6 Å². The first-order valence-corrected chi connectivity index (χ1v) is 8.52. The summed E-state index contributed by atoms with van der Waals surface area (Å²) in [5.74, 6) is 0.0292. The fourth-order valence-electron chi connectivity index (χ4n) is 2.48. The van der Waals surface area contributed by atoms with E-state index in [1.165, 1.54) is 16.7 Å². The van der Waals surface area contributed by atoms with Gasteiger partial charge in [-0.05, 0) is 36.6 Å². The van der Waals surface area contributed by atoms with Gasteiger partial charge in [0.15, 0.2) is 0 Å². The van der Waals surface area contributed by atoms with Crippen LogP contribution in [-0.4, -0.2) is 25.0 Å². The molecule has 0 aliphatic carbocycles. The second-order valence-corrected chi connectivity index (χ2v) is 6.12. The van der Waals surface area contributed by atoms with E-state index in [2.05, 4.69) is 59.2 Å². The maximum absolute atomic E-state index is 11.4. The number of rotatable bonds is 9. The first-order chi connectivity index (χ1) is 11.6. The molecule has 4 N–H and O–H groups in total. The molecule has 1 unspecified atom stereocenters. The van der Waals surface area contributed by atoms with Crippen LogP contribution < -0.4 is 16.4 Å². The fraction of sp³-hybridized carbons (Fsp3) is 0.350. The van der Waals surface area contributed by atoms with Crippen LogP contribution in [0.25, 0.3) is 11.1 Å². The van der Waals surface area contributed by atoms with Gasteiger partial charge < -0.3 is 16.4 Å². The van der Waals surface area contributed by atoms with Crippen molar-refractivity contribution < 1.29 is 4.79 Å². The molecule has 2 aromatic carbocycles. The van der Waals surface area contributed by atoms with E-state index in [9.17, 15) is 4.79 Å². The fourth-order valence-corrected chi connectivity index (χ4v) is 2.48. The lowest BCUT2D eigenvalue weighted by Gasteiger charge is -2.08. The number of carbonyl (C=O) groups excluding carboxylic acids is 1. The third-order valence-corrected chi connectivity index (χ3v) is 3.75. The Labute approximate surface area is 144 Å². The van der Waals surface area contributed by atoms with Crippen LogP contribution in [0.1, 0.15) is 25.3 Å². The Morgan fingerprint density at radius 1 is 1.00 bits per heavy atom. The summed E-state index contributed by atoms with van der Waals surface area (Å²) in [5.41, 5.74) is 9.31. The molecular formula is C20H27N3O. The maximum Gasteiger partial charge on any atom is 0.221 e. The lowest BCUT2D eigenvalue weighted by Crippen LogP contribution is -2.31. The van der Waals surface area contributed by atoms with Crippen LogP contribution in [0.2, 0.25) is 0 Å². The second-order valence-electron chi connectivity index (χ2n) is 6.12. The van der Waals surface area contributed by atoms with E-state index in [4.69, 9.17) is 5.73 Å². The van der Waals surface area contributed by atoms with Gasteiger partial charge in [0, 0.05) is 25.6 Å². The molecule has 0 spiro atoms. The molecule has 0 bridgehead atoms. The average Bonchev–Trinajstić information content (AvgIpc) is 2.58. The monoisotopic (exact) mass is 325 g/mol. The molecule has 2 rings (SSSR count). The van der Waals surface area contributed by atoms with Gasteiger partial charge >= 0.3 is 0 Å². The molecule has 0 radical (unpaired) electrons. The zero-order valence-electron chi connectivity index (χ0n) is 14.3. The highest BCUT2D eigenvalue weighted by Crippen LogP contribution is 2.19. The predicted molar refractivity (Wildman–Crippen MR) is 99.5 cm³/mol. The van der Waals surface area contributed by atoms with Crippen molar-refractivity contribution in [3.63, 3.8) is 0 Å². The molecule has 0 fully saturated rings. The van der Waals surface area contributed by atoms with E-state index in [0.29, 0.717) is 13.0 Å². The van der Waals surface area contributed by atoms with Crippen molar-refractivity contribution in [2.24, 2.45) is 5.73 Å². The Kier molecular flexibility index (Phi) is 7.46. The normalized spacial score (nSPS) is 11.9. The van der Waals surface area contributed by atoms with E-state index < -0.39 is 0 Å². The van der Waals surface area contributed by atoms with Crippen molar-refractivity contribution in [1.29, 1.82) is 0 Å². The summed E-state index contributed by atoms with van der Waals surface area (Å²) in [6, 6.07) is 18.9. The topological polar surface area (TPSA) is 67.2 Å². The minimum atomic E-state index is -0.0815. The summed E-state index contributed by atoms with van der Waals surface area (Å²) in [6.07, 6.45) is 1.30. The SMILES string of the molecule is CC(N)CC(=O)NCCCNCc1ccc(-c2ccccc2)cc1. The highest BCUT2D eigenvalue weighted by molar-refractivity contribution is 5.76. The molecule has 4 nitrogen and oxygen atoms in total. The minimum Gasteiger partial charge on any atom is -0.356 e. The van der Waals surface area contributed by atoms with Gasteiger partial charge in [0.05, 0.1) is 0 Å². The molecule has 0 aromatic heterocycles. The second kappa shape index (κ2) is 9.85. The first-order valence-electron chi connectivity index (χ1n) is 8.52. The first kappa shape index (κ1) is 18.2. The van der Waals surface area contributed by atoms with Gasteiger partial charge in [0.1, 0.15) is 0 Å². The molecule has 1 atom stereocenters. The number of nitrogens with two attached hydrogens (primary N) is 1. The third-order valence-electron chi connectivity index (χ3n) is 3.75. The number of benzene rings is 2. The molecule has 0 saturated heterocycles. The van der Waals surface area contributed by atoms with Gasteiger partial charge in [0.2, 0.25) is 5.91 Å². The van der Waals surface area contributed by atoms with E-state index in [0.717, 1.165) is 19.5 Å². The molecule has 2 aromatic rings. The van der Waals surface area contributed by atoms with Gasteiger partial charge in [-0.2, -0.15) is 0 Å². The maximum atomic E-state index is 11.4. The molecule has 0 aliphatic heterocycles. The van der Waals surface area contributed by atoms with Crippen molar-refractivity contribution >= 4 is 5.91 Å². The molecule has 24 heavy (non-hydrogen) atoms. The minimum absolute atomic E-state index is 0.0292. The summed E-state index contributed by atoms with van der Waals surface area (Å²) in [4.78, 5) is 11.4. The molecule has 4 heteroatoms. The van der Waals surface area contributed by atoms with Crippen molar-refractivity contribution in [3.05, 3.63) is 60.2 Å². The van der Waals surface area contributed by atoms with Gasteiger partial charge in [-0.15, -0.1) is 0 Å². The lowest BCUT2D eigenvalue weighted by molar-refractivity contribution is -0.121. The summed E-state index contributed by atoms with van der Waals surface area (Å²) < 4.78 is 0. The quantitative estimate of drug-likeness (QED) is 0.621. The smallest absolute Gasteiger partial charge is 0.221 e. The Hall–Kier alpha value is -2.17. The van der Waals surface area contributed by atoms with E-state index in [1.54, 1.807) is 0 Å². The summed E-state index contributed by atoms with van der Waals surface area (Å²) >= 11 is 0. The Morgan fingerprint density at radius 3 is 2.33 bits per heavy atom. The molecule has 0 saturated carbocycles. The number of amides is 1. The Balaban J connectivity index is 1.64. The Bertz CT molecular complexity index is 609. The van der Waals surface area contributed by atoms with Crippen LogP contribution >= 0.6 is 0 Å². The van der Waals surface area contributed by atoms with Crippen LogP contribution in [0.15, 0.2) is 54.6 Å². The van der Waals surface area contributed by atoms with E-state index in [1.807, 2.05) is 13.0 Å². The van der Waals surface area contributed by atoms with Crippen molar-refractivity contribution in [3.8, 4) is 11.1 Å². The van der Waals surface area contributed by atoms with Crippen LogP contribution in [0.3, 0.4) is 0 Å². The lowest BCUT2D eigenvalue weighted by atomic mass is 10.0. The van der Waals surface area contributed by atoms with Crippen LogP contribution in [0, 0.1) is 0 Å². The zero-order valence-corrected chi connectivity index (χ0v) is 14.3. The molecule has 1 amide bonds. The highest BCUT2D eigenvalue weighted by atomic mass is 16.1. The van der Waals surface area contributed by atoms with Crippen LogP contribution in [0.5, 0.6) is 0 Å². The number of hydrogen-bond acceptors (Lipinski definition) is 3. The zero-order chi connectivity index (χ0) is 17.2. The molecule has 0 aliphatic rings. The van der Waals surface area contributed by atoms with Gasteiger partial charge in [-0.3, -0.25) is 4.79 Å². The van der Waals surface area contributed by atoms with Crippen LogP contribution in [0.4, 0.5) is 0 Å². The average molecular weight is 325 g/mol. The summed E-state index contributed by atoms with van der Waals surface area (Å²) in [7, 11) is 0. The molecular weight excluding hydrogens is 298 g/mol. The standard InChI is InChI=1S/C20H27N3O/c1-16(21)14-20(24)23-13-5-12-22-15-17-8-10-19(11-9-17)18-6-3-2-4-7-18/h2-4,6-11,16,22H,5,12-15,21H2,1H3,(H,23,24). The number of carbonyl (C=O) groups is 1. The van der Waals surface area contributed by atoms with E-state index >= 15 is 0 Å². The summed E-state index contributed by atoms with van der Waals surface area (Å²) in [5, 5.41) is 6.28. The predicted octanol–water partition coefficient (Wildman–Crippen LogP) is 2.69. The van der Waals surface area contributed by atoms with Gasteiger partial charge in [-0.25, -0.2) is 0 Å².